The van der Waals surface area contributed by atoms with Gasteiger partial charge in [0.2, 0.25) is 0 Å². The van der Waals surface area contributed by atoms with Crippen LogP contribution in [-0.2, 0) is 14.3 Å². The zero-order valence-electron chi connectivity index (χ0n) is 29.6. The van der Waals surface area contributed by atoms with Gasteiger partial charge in [0.25, 0.3) is 5.24 Å². The van der Waals surface area contributed by atoms with Gasteiger partial charge in [-0.1, -0.05) is 101 Å². The Bertz CT molecular complexity index is 767. The third kappa shape index (κ3) is 29.5. The summed E-state index contributed by atoms with van der Waals surface area (Å²) in [4.78, 5) is 29.7. The molecule has 0 rings (SSSR count). The molecule has 1 amide bonds. The van der Waals surface area contributed by atoms with E-state index in [-0.39, 0.29) is 23.7 Å². The normalized spacial score (nSPS) is 12.8. The summed E-state index contributed by atoms with van der Waals surface area (Å²) < 4.78 is 11.4. The maximum absolute atomic E-state index is 13.0. The Hall–Kier alpha value is -1.61. The minimum Gasteiger partial charge on any atom is -0.462 e. The van der Waals surface area contributed by atoms with Crippen molar-refractivity contribution in [1.82, 2.24) is 9.80 Å². The van der Waals surface area contributed by atoms with Crippen LogP contribution in [-0.4, -0.2) is 84.6 Å². The molecule has 1 atom stereocenters. The quantitative estimate of drug-likeness (QED) is 0.0359. The number of allylic oxidation sites excluding steroid dienone is 5. The van der Waals surface area contributed by atoms with Crippen LogP contribution in [0.5, 0.6) is 0 Å². The lowest BCUT2D eigenvalue weighted by Crippen LogP contribution is -2.32. The van der Waals surface area contributed by atoms with Gasteiger partial charge >= 0.3 is 5.97 Å². The number of aliphatic hydroxyl groups is 1. The fraction of sp³-hybridized carbons (Fsp3) is 0.784. The minimum absolute atomic E-state index is 0.0160. The Morgan fingerprint density at radius 2 is 1.33 bits per heavy atom. The van der Waals surface area contributed by atoms with E-state index in [4.69, 9.17) is 9.47 Å². The number of unbranched alkanes of at least 4 members (excludes halogenated alkanes) is 6. The van der Waals surface area contributed by atoms with Gasteiger partial charge in [-0.15, -0.1) is 0 Å². The van der Waals surface area contributed by atoms with Gasteiger partial charge in [0.1, 0.15) is 6.10 Å². The van der Waals surface area contributed by atoms with Crippen LogP contribution in [0.3, 0.4) is 0 Å². The van der Waals surface area contributed by atoms with Crippen LogP contribution in [0.4, 0.5) is 4.79 Å². The molecule has 45 heavy (non-hydrogen) atoms. The van der Waals surface area contributed by atoms with E-state index < -0.39 is 6.29 Å². The first-order chi connectivity index (χ1) is 21.8. The van der Waals surface area contributed by atoms with E-state index >= 15 is 0 Å². The van der Waals surface area contributed by atoms with Crippen molar-refractivity contribution in [3.63, 3.8) is 0 Å². The monoisotopic (exact) mass is 652 g/mol. The number of esters is 1. The van der Waals surface area contributed by atoms with Crippen molar-refractivity contribution in [2.24, 2.45) is 0 Å². The number of carbonyl (C=O) groups excluding carboxylic acids is 2. The van der Waals surface area contributed by atoms with Gasteiger partial charge in [-0.2, -0.15) is 0 Å². The summed E-state index contributed by atoms with van der Waals surface area (Å²) in [6, 6.07) is 0. The van der Waals surface area contributed by atoms with Crippen LogP contribution < -0.4 is 0 Å². The molecule has 0 aromatic heterocycles. The molecule has 1 N–H and O–H groups in total. The number of thioether (sulfide) groups is 1. The van der Waals surface area contributed by atoms with Crippen LogP contribution >= 0.6 is 11.8 Å². The van der Waals surface area contributed by atoms with Crippen LogP contribution in [0, 0.1) is 0 Å². The van der Waals surface area contributed by atoms with E-state index in [0.29, 0.717) is 44.7 Å². The second-order valence-corrected chi connectivity index (χ2v) is 13.1. The largest absolute Gasteiger partial charge is 0.462 e. The molecule has 0 aliphatic carbocycles. The second kappa shape index (κ2) is 32.3. The summed E-state index contributed by atoms with van der Waals surface area (Å²) in [5.41, 5.74) is 0. The Morgan fingerprint density at radius 3 is 1.96 bits per heavy atom. The standard InChI is InChI=1S/C37H68N2O5S/c1-6-9-12-15-16-19-22-32-43-35(40)27-23-29-39(37(42)45-33-31-38(4)5)30-24-28-36(41)44-34(25-20-17-13-10-7-2)26-21-18-14-11-8-3/h13-14,17-19,22,34-35,40H,6-12,15-16,20-21,23-33H2,1-5H3/b17-13+,18-14+,22-19-. The van der Waals surface area contributed by atoms with Gasteiger partial charge in [0.15, 0.2) is 6.29 Å². The highest BCUT2D eigenvalue weighted by atomic mass is 32.2. The molecule has 0 radical (unpaired) electrons. The summed E-state index contributed by atoms with van der Waals surface area (Å²) >= 11 is 1.31. The highest BCUT2D eigenvalue weighted by Crippen LogP contribution is 2.16. The lowest BCUT2D eigenvalue weighted by molar-refractivity contribution is -0.149. The molecule has 0 aromatic rings. The molecule has 0 aromatic carbocycles. The molecule has 0 saturated heterocycles. The minimum atomic E-state index is -0.853. The summed E-state index contributed by atoms with van der Waals surface area (Å²) in [7, 11) is 3.99. The highest BCUT2D eigenvalue weighted by Gasteiger charge is 2.17. The molecule has 0 heterocycles. The number of ether oxygens (including phenoxy) is 2. The Morgan fingerprint density at radius 1 is 0.711 bits per heavy atom. The SMILES string of the molecule is CCC/C=C/CCC(CC/C=C/CCC)OC(=O)CCCN(CCCC(O)OC/C=C\CCCCCC)C(=O)SCCN(C)C. The summed E-state index contributed by atoms with van der Waals surface area (Å²) in [5.74, 6) is 0.520. The summed E-state index contributed by atoms with van der Waals surface area (Å²) in [5, 5.41) is 10.3. The van der Waals surface area contributed by atoms with Gasteiger partial charge in [-0.25, -0.2) is 0 Å². The van der Waals surface area contributed by atoms with Crippen LogP contribution in [0.1, 0.15) is 130 Å². The Labute approximate surface area is 281 Å². The lowest BCUT2D eigenvalue weighted by atomic mass is 10.1. The number of hydrogen-bond donors (Lipinski definition) is 1. The molecule has 0 aliphatic rings. The fourth-order valence-electron chi connectivity index (χ4n) is 4.57. The smallest absolute Gasteiger partial charge is 0.306 e. The zero-order chi connectivity index (χ0) is 33.4. The predicted molar refractivity (Wildman–Crippen MR) is 193 cm³/mol. The van der Waals surface area contributed by atoms with E-state index in [9.17, 15) is 14.7 Å². The summed E-state index contributed by atoms with van der Waals surface area (Å²) in [6.07, 6.45) is 27.8. The molecular formula is C37H68N2O5S. The first kappa shape index (κ1) is 43.4. The Balaban J connectivity index is 4.78. The van der Waals surface area contributed by atoms with E-state index in [2.05, 4.69) is 56.1 Å². The maximum Gasteiger partial charge on any atom is 0.306 e. The first-order valence-electron chi connectivity index (χ1n) is 17.8. The van der Waals surface area contributed by atoms with Gasteiger partial charge in [0, 0.05) is 31.8 Å². The van der Waals surface area contributed by atoms with E-state index in [1.54, 1.807) is 0 Å². The zero-order valence-corrected chi connectivity index (χ0v) is 30.4. The number of hydrogen-bond acceptors (Lipinski definition) is 7. The van der Waals surface area contributed by atoms with Crippen molar-refractivity contribution in [2.75, 3.05) is 46.1 Å². The molecule has 0 saturated carbocycles. The average molecular weight is 653 g/mol. The van der Waals surface area contributed by atoms with Crippen molar-refractivity contribution in [1.29, 1.82) is 0 Å². The van der Waals surface area contributed by atoms with Crippen LogP contribution in [0.25, 0.3) is 0 Å². The van der Waals surface area contributed by atoms with Crippen molar-refractivity contribution < 1.29 is 24.2 Å². The van der Waals surface area contributed by atoms with Gasteiger partial charge in [0.05, 0.1) is 6.61 Å². The lowest BCUT2D eigenvalue weighted by Gasteiger charge is -2.23. The number of amides is 1. The topological polar surface area (TPSA) is 79.3 Å². The van der Waals surface area contributed by atoms with E-state index in [1.165, 1.54) is 37.4 Å². The fourth-order valence-corrected chi connectivity index (χ4v) is 5.57. The van der Waals surface area contributed by atoms with Crippen LogP contribution in [0.15, 0.2) is 36.5 Å². The number of rotatable bonds is 30. The molecule has 0 aliphatic heterocycles. The van der Waals surface area contributed by atoms with E-state index in [0.717, 1.165) is 64.3 Å². The molecule has 0 spiro atoms. The number of carbonyl (C=O) groups is 2. The molecule has 8 heteroatoms. The van der Waals surface area contributed by atoms with Crippen molar-refractivity contribution in [3.8, 4) is 0 Å². The van der Waals surface area contributed by atoms with Crippen molar-refractivity contribution in [3.05, 3.63) is 36.5 Å². The molecular weight excluding hydrogens is 584 g/mol. The maximum atomic E-state index is 13.0. The number of aliphatic hydroxyl groups excluding tert-OH is 1. The summed E-state index contributed by atoms with van der Waals surface area (Å²) in [6.45, 7) is 8.77. The molecule has 0 bridgehead atoms. The van der Waals surface area contributed by atoms with Crippen LogP contribution in [0.2, 0.25) is 0 Å². The molecule has 0 fully saturated rings. The Kier molecular flexibility index (Phi) is 31.2. The van der Waals surface area contributed by atoms with Crippen molar-refractivity contribution >= 4 is 23.0 Å². The predicted octanol–water partition coefficient (Wildman–Crippen LogP) is 9.31. The third-order valence-electron chi connectivity index (χ3n) is 7.34. The average Bonchev–Trinajstić information content (AvgIpc) is 3.00. The van der Waals surface area contributed by atoms with Gasteiger partial charge < -0.3 is 24.4 Å². The van der Waals surface area contributed by atoms with Gasteiger partial charge in [-0.3, -0.25) is 9.59 Å². The third-order valence-corrected chi connectivity index (χ3v) is 8.23. The van der Waals surface area contributed by atoms with Crippen molar-refractivity contribution in [2.45, 2.75) is 142 Å². The molecule has 1 unspecified atom stereocenters. The molecule has 7 nitrogen and oxygen atoms in total. The van der Waals surface area contributed by atoms with E-state index in [1.807, 2.05) is 25.1 Å². The first-order valence-corrected chi connectivity index (χ1v) is 18.8. The van der Waals surface area contributed by atoms with Gasteiger partial charge in [-0.05, 0) is 84.7 Å². The second-order valence-electron chi connectivity index (χ2n) is 12.0. The molecule has 262 valence electrons. The number of nitrogens with zero attached hydrogens (tertiary/aromatic N) is 2. The highest BCUT2D eigenvalue weighted by molar-refractivity contribution is 8.13.